The Morgan fingerprint density at radius 2 is 1.84 bits per heavy atom. The lowest BCUT2D eigenvalue weighted by Crippen LogP contribution is -2.37. The number of anilines is 1. The number of amides is 1. The highest BCUT2D eigenvalue weighted by molar-refractivity contribution is 7.89. The van der Waals surface area contributed by atoms with Crippen LogP contribution >= 0.6 is 0 Å². The fourth-order valence-electron chi connectivity index (χ4n) is 3.14. The largest absolute Gasteiger partial charge is 0.505 e. The van der Waals surface area contributed by atoms with E-state index in [-0.39, 0.29) is 22.9 Å². The van der Waals surface area contributed by atoms with E-state index in [2.05, 4.69) is 10.5 Å². The number of aromatic nitrogens is 1. The van der Waals surface area contributed by atoms with Gasteiger partial charge in [0.1, 0.15) is 6.61 Å². The first-order valence-corrected chi connectivity index (χ1v) is 10.7. The topological polar surface area (TPSA) is 122 Å². The number of sulfonamides is 1. The summed E-state index contributed by atoms with van der Waals surface area (Å²) in [7, 11) is -2.79. The van der Waals surface area contributed by atoms with Crippen LogP contribution in [-0.2, 0) is 32.8 Å². The zero-order chi connectivity index (χ0) is 22.0. The fraction of sp³-hybridized carbons (Fsp3) is 0.143. The quantitative estimate of drug-likeness (QED) is 0.603. The Morgan fingerprint density at radius 1 is 1.13 bits per heavy atom. The van der Waals surface area contributed by atoms with Crippen molar-refractivity contribution in [2.45, 2.75) is 18.1 Å². The minimum atomic E-state index is -3.98. The van der Waals surface area contributed by atoms with Crippen molar-refractivity contribution < 1.29 is 27.6 Å². The number of aliphatic hydroxyl groups is 1. The highest BCUT2D eigenvalue weighted by Crippen LogP contribution is 2.34. The van der Waals surface area contributed by atoms with Crippen LogP contribution in [0.2, 0.25) is 0 Å². The minimum Gasteiger partial charge on any atom is -0.505 e. The van der Waals surface area contributed by atoms with E-state index in [1.807, 2.05) is 30.3 Å². The van der Waals surface area contributed by atoms with Crippen LogP contribution in [0, 0.1) is 0 Å². The third-order valence-electron chi connectivity index (χ3n) is 4.69. The first-order chi connectivity index (χ1) is 14.9. The molecule has 0 spiro atoms. The molecule has 0 unspecified atom stereocenters. The summed E-state index contributed by atoms with van der Waals surface area (Å²) in [6, 6.07) is 17.0. The Hall–Kier alpha value is -3.63. The zero-order valence-electron chi connectivity index (χ0n) is 16.5. The highest BCUT2D eigenvalue weighted by atomic mass is 32.2. The Balaban J connectivity index is 1.47. The van der Waals surface area contributed by atoms with E-state index in [1.54, 1.807) is 12.1 Å². The molecule has 9 nitrogen and oxygen atoms in total. The van der Waals surface area contributed by atoms with Gasteiger partial charge >= 0.3 is 0 Å². The van der Waals surface area contributed by atoms with Crippen LogP contribution in [0.25, 0.3) is 5.76 Å². The molecule has 1 aliphatic rings. The molecule has 0 fully saturated rings. The second-order valence-electron chi connectivity index (χ2n) is 6.78. The van der Waals surface area contributed by atoms with Crippen LogP contribution in [0.3, 0.4) is 0 Å². The number of hydrogen-bond donors (Lipinski definition) is 2. The number of ether oxygens (including phenoxy) is 1. The monoisotopic (exact) mass is 441 g/mol. The summed E-state index contributed by atoms with van der Waals surface area (Å²) in [5.41, 5.74) is 0.643. The summed E-state index contributed by atoms with van der Waals surface area (Å²) < 4.78 is 36.9. The van der Waals surface area contributed by atoms with Crippen molar-refractivity contribution in [2.75, 3.05) is 12.4 Å². The summed E-state index contributed by atoms with van der Waals surface area (Å²) in [6.07, 6.45) is 0. The predicted octanol–water partition coefficient (Wildman–Crippen LogP) is 2.89. The van der Waals surface area contributed by atoms with Gasteiger partial charge in [-0.05, 0) is 17.7 Å². The van der Waals surface area contributed by atoms with Gasteiger partial charge in [0.05, 0.1) is 11.5 Å². The molecule has 0 radical (unpaired) electrons. The van der Waals surface area contributed by atoms with Crippen LogP contribution in [-0.4, -0.2) is 35.9 Å². The van der Waals surface area contributed by atoms with Gasteiger partial charge in [-0.3, -0.25) is 9.10 Å². The van der Waals surface area contributed by atoms with Crippen molar-refractivity contribution in [2.24, 2.45) is 0 Å². The van der Waals surface area contributed by atoms with Gasteiger partial charge in [-0.15, -0.1) is 0 Å². The minimum absolute atomic E-state index is 0.0564. The van der Waals surface area contributed by atoms with Gasteiger partial charge in [0.2, 0.25) is 0 Å². The van der Waals surface area contributed by atoms with Crippen molar-refractivity contribution in [1.29, 1.82) is 0 Å². The smallest absolute Gasteiger partial charge is 0.278 e. The molecule has 160 valence electrons. The Morgan fingerprint density at radius 3 is 2.61 bits per heavy atom. The van der Waals surface area contributed by atoms with Gasteiger partial charge < -0.3 is 19.7 Å². The molecule has 0 atom stereocenters. The molecule has 0 bridgehead atoms. The van der Waals surface area contributed by atoms with Crippen molar-refractivity contribution >= 4 is 27.5 Å². The van der Waals surface area contributed by atoms with E-state index >= 15 is 0 Å². The van der Waals surface area contributed by atoms with E-state index in [9.17, 15) is 18.3 Å². The van der Waals surface area contributed by atoms with E-state index in [4.69, 9.17) is 9.26 Å². The van der Waals surface area contributed by atoms with Crippen molar-refractivity contribution in [3.05, 3.63) is 83.2 Å². The van der Waals surface area contributed by atoms with Crippen LogP contribution in [0.1, 0.15) is 16.9 Å². The summed E-state index contributed by atoms with van der Waals surface area (Å²) in [5, 5.41) is 16.7. The van der Waals surface area contributed by atoms with E-state index in [0.717, 1.165) is 9.87 Å². The molecule has 4 rings (SSSR count). The molecule has 1 aliphatic heterocycles. The normalized spacial score (nSPS) is 14.9. The molecule has 2 aromatic carbocycles. The second-order valence-corrected chi connectivity index (χ2v) is 8.71. The Labute approximate surface area is 178 Å². The average Bonchev–Trinajstić information content (AvgIpc) is 3.20. The summed E-state index contributed by atoms with van der Waals surface area (Å²) in [5.74, 6) is -0.851. The molecule has 31 heavy (non-hydrogen) atoms. The summed E-state index contributed by atoms with van der Waals surface area (Å²) in [6.45, 7) is 0.513. The molecule has 0 saturated carbocycles. The van der Waals surface area contributed by atoms with Gasteiger partial charge in [-0.2, -0.15) is 0 Å². The number of rotatable bonds is 6. The number of nitrogens with zero attached hydrogens (tertiary/aromatic N) is 2. The number of benzene rings is 2. The van der Waals surface area contributed by atoms with Gasteiger partial charge in [-0.25, -0.2) is 8.42 Å². The molecule has 0 aliphatic carbocycles. The molecular weight excluding hydrogens is 422 g/mol. The van der Waals surface area contributed by atoms with Gasteiger partial charge in [0.15, 0.2) is 23.0 Å². The molecule has 2 heterocycles. The number of likely N-dealkylation sites (N-methyl/N-ethyl adjacent to an activating group) is 1. The number of hydrogen-bond acceptors (Lipinski definition) is 7. The lowest BCUT2D eigenvalue weighted by molar-refractivity contribution is -0.113. The van der Waals surface area contributed by atoms with Gasteiger partial charge in [-0.1, -0.05) is 47.6 Å². The lowest BCUT2D eigenvalue weighted by Gasteiger charge is -2.28. The number of nitrogens with one attached hydrogen (secondary N) is 1. The maximum atomic E-state index is 12.7. The molecule has 1 aromatic heterocycles. The van der Waals surface area contributed by atoms with E-state index in [0.29, 0.717) is 12.4 Å². The standard InChI is InChI=1S/C21H19N3O6S/c1-24-19(20(25)16-9-5-6-10-17(16)31(24,27)28)21(26)22-18-11-15(30-23-18)13-29-12-14-7-3-2-4-8-14/h2-11,25H,12-13H2,1H3,(H,22,23,26). The average molecular weight is 441 g/mol. The van der Waals surface area contributed by atoms with E-state index in [1.165, 1.54) is 25.2 Å². The number of aliphatic hydroxyl groups excluding tert-OH is 1. The maximum Gasteiger partial charge on any atom is 0.278 e. The SMILES string of the molecule is CN1C(C(=O)Nc2cc(COCc3ccccc3)on2)=C(O)c2ccccc2S1(=O)=O. The van der Waals surface area contributed by atoms with Crippen molar-refractivity contribution in [1.82, 2.24) is 9.46 Å². The molecular formula is C21H19N3O6S. The van der Waals surface area contributed by atoms with Crippen molar-refractivity contribution in [3.63, 3.8) is 0 Å². The summed E-state index contributed by atoms with van der Waals surface area (Å²) >= 11 is 0. The first-order valence-electron chi connectivity index (χ1n) is 9.28. The van der Waals surface area contributed by atoms with Crippen molar-refractivity contribution in [3.8, 4) is 0 Å². The van der Waals surface area contributed by atoms with E-state index < -0.39 is 27.4 Å². The molecule has 10 heteroatoms. The maximum absolute atomic E-state index is 12.7. The summed E-state index contributed by atoms with van der Waals surface area (Å²) in [4.78, 5) is 12.7. The van der Waals surface area contributed by atoms with Gasteiger partial charge in [0, 0.05) is 18.7 Å². The van der Waals surface area contributed by atoms with Crippen LogP contribution < -0.4 is 5.32 Å². The number of carbonyl (C=O) groups is 1. The number of fused-ring (bicyclic) bond motifs is 1. The Kier molecular flexibility index (Phi) is 5.49. The third-order valence-corrected chi connectivity index (χ3v) is 6.51. The fourth-order valence-corrected chi connectivity index (χ4v) is 4.54. The molecule has 0 saturated heterocycles. The predicted molar refractivity (Wildman–Crippen MR) is 111 cm³/mol. The van der Waals surface area contributed by atoms with Crippen LogP contribution in [0.4, 0.5) is 5.82 Å². The van der Waals surface area contributed by atoms with Crippen LogP contribution in [0.15, 0.2) is 75.8 Å². The molecule has 2 N–H and O–H groups in total. The highest BCUT2D eigenvalue weighted by Gasteiger charge is 2.37. The van der Waals surface area contributed by atoms with Crippen LogP contribution in [0.5, 0.6) is 0 Å². The third kappa shape index (κ3) is 4.03. The van der Waals surface area contributed by atoms with Gasteiger partial charge in [0.25, 0.3) is 15.9 Å². The Bertz CT molecular complexity index is 1250. The zero-order valence-corrected chi connectivity index (χ0v) is 17.3. The first kappa shape index (κ1) is 20.6. The molecule has 3 aromatic rings. The second kappa shape index (κ2) is 8.25. The number of carbonyl (C=O) groups excluding carboxylic acids is 1. The molecule has 1 amide bonds. The lowest BCUT2D eigenvalue weighted by atomic mass is 10.1.